The van der Waals surface area contributed by atoms with Crippen LogP contribution in [0.4, 0.5) is 0 Å². The van der Waals surface area contributed by atoms with Gasteiger partial charge in [-0.2, -0.15) is 0 Å². The number of aromatic nitrogens is 2. The molecule has 0 unspecified atom stereocenters. The predicted molar refractivity (Wildman–Crippen MR) is 71.6 cm³/mol. The molecule has 94 valence electrons. The first-order valence-electron chi connectivity index (χ1n) is 5.46. The zero-order valence-electron chi connectivity index (χ0n) is 10.1. The summed E-state index contributed by atoms with van der Waals surface area (Å²) in [7, 11) is 0. The summed E-state index contributed by atoms with van der Waals surface area (Å²) in [5.41, 5.74) is 2.85. The first-order chi connectivity index (χ1) is 8.60. The molecule has 4 nitrogen and oxygen atoms in total. The monoisotopic (exact) mass is 308 g/mol. The van der Waals surface area contributed by atoms with Crippen LogP contribution in [0.3, 0.4) is 0 Å². The topological polar surface area (TPSA) is 55.2 Å². The lowest BCUT2D eigenvalue weighted by Gasteiger charge is -2.08. The van der Waals surface area contributed by atoms with Crippen LogP contribution < -0.4 is 4.74 Å². The highest BCUT2D eigenvalue weighted by Crippen LogP contribution is 2.28. The summed E-state index contributed by atoms with van der Waals surface area (Å²) in [5, 5.41) is 8.90. The molecule has 0 fully saturated rings. The number of hydrogen-bond donors (Lipinski definition) is 1. The number of halogens is 1. The van der Waals surface area contributed by atoms with Crippen molar-refractivity contribution in [1.29, 1.82) is 0 Å². The van der Waals surface area contributed by atoms with Crippen LogP contribution in [0.1, 0.15) is 16.7 Å². The largest absolute Gasteiger partial charge is 0.424 e. The Labute approximate surface area is 114 Å². The number of rotatable bonds is 3. The molecule has 2 rings (SSSR count). The van der Waals surface area contributed by atoms with E-state index in [1.165, 1.54) is 0 Å². The van der Waals surface area contributed by atoms with Crippen LogP contribution in [-0.4, -0.2) is 15.1 Å². The van der Waals surface area contributed by atoms with Gasteiger partial charge in [0.1, 0.15) is 5.75 Å². The second-order valence-corrected chi connectivity index (χ2v) is 4.80. The van der Waals surface area contributed by atoms with Crippen molar-refractivity contribution in [2.45, 2.75) is 20.5 Å². The fourth-order valence-electron chi connectivity index (χ4n) is 1.55. The normalized spacial score (nSPS) is 10.4. The highest BCUT2D eigenvalue weighted by Gasteiger charge is 2.05. The maximum atomic E-state index is 8.90. The summed E-state index contributed by atoms with van der Waals surface area (Å²) in [6.45, 7) is 3.93. The maximum Gasteiger partial charge on any atom is 0.321 e. The zero-order valence-corrected chi connectivity index (χ0v) is 11.7. The van der Waals surface area contributed by atoms with Crippen molar-refractivity contribution in [3.05, 3.63) is 45.7 Å². The molecule has 0 bridgehead atoms. The molecule has 0 saturated heterocycles. The molecule has 1 heterocycles. The second kappa shape index (κ2) is 5.46. The Balaban J connectivity index is 2.23. The predicted octanol–water partition coefficient (Wildman–Crippen LogP) is 3.14. The molecule has 0 saturated carbocycles. The minimum absolute atomic E-state index is 0.0726. The van der Waals surface area contributed by atoms with Gasteiger partial charge in [-0.1, -0.05) is 15.9 Å². The molecule has 1 aromatic carbocycles. The van der Waals surface area contributed by atoms with Crippen molar-refractivity contribution in [2.24, 2.45) is 0 Å². The molecule has 0 amide bonds. The summed E-state index contributed by atoms with van der Waals surface area (Å²) in [4.78, 5) is 8.04. The van der Waals surface area contributed by atoms with Crippen molar-refractivity contribution in [3.8, 4) is 11.8 Å². The van der Waals surface area contributed by atoms with E-state index in [2.05, 4.69) is 25.9 Å². The molecular formula is C13H13BrN2O2. The number of nitrogens with zero attached hydrogens (tertiary/aromatic N) is 2. The second-order valence-electron chi connectivity index (χ2n) is 4.01. The quantitative estimate of drug-likeness (QED) is 0.946. The fourth-order valence-corrected chi connectivity index (χ4v) is 1.78. The van der Waals surface area contributed by atoms with E-state index < -0.39 is 0 Å². The third-order valence-electron chi connectivity index (χ3n) is 2.48. The van der Waals surface area contributed by atoms with Crippen LogP contribution in [-0.2, 0) is 6.61 Å². The molecule has 0 aliphatic rings. The fraction of sp³-hybridized carbons (Fsp3) is 0.231. The molecule has 0 aliphatic heterocycles. The number of hydrogen-bond acceptors (Lipinski definition) is 4. The molecule has 18 heavy (non-hydrogen) atoms. The van der Waals surface area contributed by atoms with E-state index in [4.69, 9.17) is 9.84 Å². The molecule has 5 heteroatoms. The van der Waals surface area contributed by atoms with E-state index in [-0.39, 0.29) is 12.6 Å². The Kier molecular flexibility index (Phi) is 3.93. The standard InChI is InChI=1S/C13H13BrN2O2/c1-8-3-11(4-9(2)12(8)14)18-13-15-5-10(7-17)6-16-13/h3-6,17H,7H2,1-2H3. The zero-order chi connectivity index (χ0) is 13.1. The van der Waals surface area contributed by atoms with Gasteiger partial charge in [0.05, 0.1) is 6.61 Å². The summed E-state index contributed by atoms with van der Waals surface area (Å²) < 4.78 is 6.65. The van der Waals surface area contributed by atoms with Gasteiger partial charge in [0.15, 0.2) is 0 Å². The number of benzene rings is 1. The van der Waals surface area contributed by atoms with Crippen LogP contribution in [0, 0.1) is 13.8 Å². The SMILES string of the molecule is Cc1cc(Oc2ncc(CO)cn2)cc(C)c1Br. The number of ether oxygens (including phenoxy) is 1. The van der Waals surface area contributed by atoms with Gasteiger partial charge in [0.25, 0.3) is 0 Å². The van der Waals surface area contributed by atoms with Crippen LogP contribution in [0.5, 0.6) is 11.8 Å². The van der Waals surface area contributed by atoms with Crippen molar-refractivity contribution >= 4 is 15.9 Å². The summed E-state index contributed by atoms with van der Waals surface area (Å²) in [5.74, 6) is 0.699. The maximum absolute atomic E-state index is 8.90. The summed E-state index contributed by atoms with van der Waals surface area (Å²) in [6, 6.07) is 4.11. The molecule has 0 spiro atoms. The van der Waals surface area contributed by atoms with Crippen molar-refractivity contribution in [3.63, 3.8) is 0 Å². The number of aryl methyl sites for hydroxylation is 2. The molecular weight excluding hydrogens is 296 g/mol. The van der Waals surface area contributed by atoms with E-state index in [9.17, 15) is 0 Å². The first-order valence-corrected chi connectivity index (χ1v) is 6.26. The Bertz CT molecular complexity index is 532. The van der Waals surface area contributed by atoms with Gasteiger partial charge in [0, 0.05) is 22.4 Å². The number of aliphatic hydroxyl groups is 1. The van der Waals surface area contributed by atoms with Crippen molar-refractivity contribution < 1.29 is 9.84 Å². The van der Waals surface area contributed by atoms with Crippen LogP contribution >= 0.6 is 15.9 Å². The average molecular weight is 309 g/mol. The van der Waals surface area contributed by atoms with Crippen molar-refractivity contribution in [1.82, 2.24) is 9.97 Å². The van der Waals surface area contributed by atoms with Crippen LogP contribution in [0.25, 0.3) is 0 Å². The smallest absolute Gasteiger partial charge is 0.321 e. The van der Waals surface area contributed by atoms with E-state index in [1.807, 2.05) is 26.0 Å². The Morgan fingerprint density at radius 2 is 1.72 bits per heavy atom. The van der Waals surface area contributed by atoms with Gasteiger partial charge >= 0.3 is 6.01 Å². The third-order valence-corrected chi connectivity index (χ3v) is 3.73. The third kappa shape index (κ3) is 2.86. The van der Waals surface area contributed by atoms with Gasteiger partial charge in [-0.05, 0) is 37.1 Å². The molecule has 0 radical (unpaired) electrons. The van der Waals surface area contributed by atoms with E-state index in [1.54, 1.807) is 12.4 Å². The Hall–Kier alpha value is -1.46. The highest BCUT2D eigenvalue weighted by molar-refractivity contribution is 9.10. The Morgan fingerprint density at radius 1 is 1.17 bits per heavy atom. The minimum Gasteiger partial charge on any atom is -0.424 e. The van der Waals surface area contributed by atoms with Gasteiger partial charge in [-0.3, -0.25) is 0 Å². The molecule has 1 N–H and O–H groups in total. The lowest BCUT2D eigenvalue weighted by atomic mass is 10.1. The molecule has 0 aliphatic carbocycles. The van der Waals surface area contributed by atoms with Gasteiger partial charge in [0.2, 0.25) is 0 Å². The van der Waals surface area contributed by atoms with Crippen LogP contribution in [0.2, 0.25) is 0 Å². The number of aliphatic hydroxyl groups excluding tert-OH is 1. The molecule has 2 aromatic rings. The van der Waals surface area contributed by atoms with Gasteiger partial charge in [-0.25, -0.2) is 9.97 Å². The van der Waals surface area contributed by atoms with Crippen molar-refractivity contribution in [2.75, 3.05) is 0 Å². The highest BCUT2D eigenvalue weighted by atomic mass is 79.9. The van der Waals surface area contributed by atoms with Crippen LogP contribution in [0.15, 0.2) is 29.0 Å². The summed E-state index contributed by atoms with van der Waals surface area (Å²) in [6.07, 6.45) is 3.09. The van der Waals surface area contributed by atoms with Gasteiger partial charge < -0.3 is 9.84 Å². The van der Waals surface area contributed by atoms with E-state index >= 15 is 0 Å². The first kappa shape index (κ1) is 13.0. The molecule has 0 atom stereocenters. The lowest BCUT2D eigenvalue weighted by Crippen LogP contribution is -1.95. The van der Waals surface area contributed by atoms with E-state index in [0.717, 1.165) is 15.6 Å². The summed E-state index contributed by atoms with van der Waals surface area (Å²) >= 11 is 3.50. The lowest BCUT2D eigenvalue weighted by molar-refractivity contribution is 0.280. The molecule has 1 aromatic heterocycles. The van der Waals surface area contributed by atoms with E-state index in [0.29, 0.717) is 11.3 Å². The Morgan fingerprint density at radius 3 is 2.22 bits per heavy atom. The average Bonchev–Trinajstić information content (AvgIpc) is 2.37. The van der Waals surface area contributed by atoms with Gasteiger partial charge in [-0.15, -0.1) is 0 Å². The minimum atomic E-state index is -0.0726.